The zero-order chi connectivity index (χ0) is 36.1. The molecule has 270 valence electrons. The second-order valence-electron chi connectivity index (χ2n) is 12.7. The highest BCUT2D eigenvalue weighted by Crippen LogP contribution is 2.41. The molecule has 1 fully saturated rings. The van der Waals surface area contributed by atoms with Crippen LogP contribution in [0.2, 0.25) is 0 Å². The van der Waals surface area contributed by atoms with E-state index in [0.717, 1.165) is 52.1 Å². The average Bonchev–Trinajstić information content (AvgIpc) is 3.63. The molecule has 0 bridgehead atoms. The van der Waals surface area contributed by atoms with E-state index in [0.29, 0.717) is 42.3 Å². The zero-order valence-corrected chi connectivity index (χ0v) is 29.6. The maximum atomic E-state index is 12.6. The molecule has 1 aliphatic rings. The second kappa shape index (κ2) is 18.6. The van der Waals surface area contributed by atoms with Gasteiger partial charge in [0.1, 0.15) is 5.69 Å². The number of anilines is 1. The van der Waals surface area contributed by atoms with Crippen molar-refractivity contribution in [1.29, 1.82) is 0 Å². The van der Waals surface area contributed by atoms with Crippen LogP contribution in [0.15, 0.2) is 119 Å². The summed E-state index contributed by atoms with van der Waals surface area (Å²) in [5, 5.41) is 21.7. The van der Waals surface area contributed by atoms with Crippen LogP contribution >= 0.6 is 11.8 Å². The molecule has 0 aliphatic carbocycles. The Morgan fingerprint density at radius 2 is 1.38 bits per heavy atom. The Labute approximate surface area is 307 Å². The summed E-state index contributed by atoms with van der Waals surface area (Å²) in [6.45, 7) is -0.0305. The lowest BCUT2D eigenvalue weighted by atomic mass is 10.0. The van der Waals surface area contributed by atoms with Crippen molar-refractivity contribution in [2.24, 2.45) is 0 Å². The van der Waals surface area contributed by atoms with Crippen LogP contribution in [0.5, 0.6) is 0 Å². The van der Waals surface area contributed by atoms with Crippen molar-refractivity contribution in [1.82, 2.24) is 10.5 Å². The Bertz CT molecular complexity index is 1810. The van der Waals surface area contributed by atoms with Gasteiger partial charge in [0.2, 0.25) is 11.8 Å². The molecule has 0 radical (unpaired) electrons. The van der Waals surface area contributed by atoms with Crippen LogP contribution in [0.4, 0.5) is 5.69 Å². The molecular formula is C41H43N3O7S. The van der Waals surface area contributed by atoms with Crippen LogP contribution < -0.4 is 10.8 Å². The number of hydrogen-bond donors (Lipinski definition) is 4. The van der Waals surface area contributed by atoms with E-state index in [-0.39, 0.29) is 31.1 Å². The lowest BCUT2D eigenvalue weighted by molar-refractivity contribution is -0.245. The summed E-state index contributed by atoms with van der Waals surface area (Å²) in [7, 11) is 0. The number of hydrogen-bond acceptors (Lipinski definition) is 9. The Kier molecular flexibility index (Phi) is 13.3. The Morgan fingerprint density at radius 1 is 0.750 bits per heavy atom. The van der Waals surface area contributed by atoms with Crippen molar-refractivity contribution in [3.63, 3.8) is 0 Å². The molecule has 2 amide bonds. The first-order chi connectivity index (χ1) is 25.5. The number of benzene rings is 4. The molecule has 3 atom stereocenters. The predicted molar refractivity (Wildman–Crippen MR) is 199 cm³/mol. The molecular weight excluding hydrogens is 679 g/mol. The molecule has 4 N–H and O–H groups in total. The number of hydroxylamine groups is 1. The van der Waals surface area contributed by atoms with Crippen molar-refractivity contribution in [3.05, 3.63) is 126 Å². The molecule has 4 aromatic carbocycles. The molecule has 1 aromatic heterocycles. The monoisotopic (exact) mass is 721 g/mol. The summed E-state index contributed by atoms with van der Waals surface area (Å²) >= 11 is 1.51. The van der Waals surface area contributed by atoms with Gasteiger partial charge in [0.05, 0.1) is 18.8 Å². The Morgan fingerprint density at radius 3 is 2.04 bits per heavy atom. The van der Waals surface area contributed by atoms with E-state index in [2.05, 4.69) is 5.32 Å². The molecule has 11 heteroatoms. The SMILES string of the molecule is O=C(CCCCCCC(=O)Nc1ccc(C2O[C@@H](CSc3nc(-c4ccccc4)c(-c4ccccc4)o3)C[C@@H](c3ccc(CO)cc3)O2)cc1)NO. The minimum Gasteiger partial charge on any atom is -0.431 e. The highest BCUT2D eigenvalue weighted by Gasteiger charge is 2.33. The Balaban J connectivity index is 1.12. The number of carbonyl (C=O) groups is 2. The number of thioether (sulfide) groups is 1. The van der Waals surface area contributed by atoms with E-state index in [1.165, 1.54) is 11.8 Å². The smallest absolute Gasteiger partial charge is 0.256 e. The quantitative estimate of drug-likeness (QED) is 0.0341. The van der Waals surface area contributed by atoms with E-state index in [1.807, 2.05) is 109 Å². The fraction of sp³-hybridized carbons (Fsp3) is 0.293. The first kappa shape index (κ1) is 37.0. The van der Waals surface area contributed by atoms with Gasteiger partial charge in [-0.05, 0) is 36.1 Å². The zero-order valence-electron chi connectivity index (χ0n) is 28.8. The molecule has 0 saturated carbocycles. The summed E-state index contributed by atoms with van der Waals surface area (Å²) in [5.74, 6) is 0.829. The number of aliphatic hydroxyl groups is 1. The van der Waals surface area contributed by atoms with Crippen LogP contribution in [0.1, 0.15) is 74.0 Å². The number of unbranched alkanes of at least 4 members (excludes halogenated alkanes) is 3. The maximum Gasteiger partial charge on any atom is 0.256 e. The van der Waals surface area contributed by atoms with E-state index in [4.69, 9.17) is 24.1 Å². The van der Waals surface area contributed by atoms with E-state index in [1.54, 1.807) is 5.48 Å². The molecule has 1 aliphatic heterocycles. The fourth-order valence-corrected chi connectivity index (χ4v) is 6.89. The van der Waals surface area contributed by atoms with Crippen molar-refractivity contribution in [3.8, 4) is 22.6 Å². The molecule has 5 aromatic rings. The van der Waals surface area contributed by atoms with Gasteiger partial charge >= 0.3 is 0 Å². The predicted octanol–water partition coefficient (Wildman–Crippen LogP) is 8.62. The largest absolute Gasteiger partial charge is 0.431 e. The van der Waals surface area contributed by atoms with Crippen LogP contribution in [0, 0.1) is 0 Å². The van der Waals surface area contributed by atoms with Crippen LogP contribution in [-0.2, 0) is 25.7 Å². The van der Waals surface area contributed by atoms with Gasteiger partial charge < -0.3 is 24.3 Å². The van der Waals surface area contributed by atoms with Gasteiger partial charge in [-0.15, -0.1) is 0 Å². The number of amides is 2. The minimum atomic E-state index is -0.649. The Hall–Kier alpha value is -4.78. The number of nitrogens with zero attached hydrogens (tertiary/aromatic N) is 1. The standard InChI is InChI=1S/C41H43N3O7S/c45-26-28-17-19-29(20-18-28)35-25-34(27-52-41-43-38(30-11-5-3-6-12-30)39(51-41)31-13-7-4-8-14-31)49-40(50-35)32-21-23-33(24-22-32)42-36(46)15-9-1-2-10-16-37(47)44-48/h3-8,11-14,17-24,34-35,40,45,48H,1-2,9-10,15-16,25-27H2,(H,42,46)(H,44,47)/t34-,35+,40?/m1/s1. The van der Waals surface area contributed by atoms with Gasteiger partial charge in [-0.1, -0.05) is 122 Å². The fourth-order valence-electron chi connectivity index (χ4n) is 6.05. The molecule has 52 heavy (non-hydrogen) atoms. The number of rotatable bonds is 16. The van der Waals surface area contributed by atoms with Crippen molar-refractivity contribution in [2.45, 2.75) is 75.3 Å². The van der Waals surface area contributed by atoms with Gasteiger partial charge in [-0.25, -0.2) is 10.5 Å². The van der Waals surface area contributed by atoms with Crippen LogP contribution in [0.3, 0.4) is 0 Å². The third kappa shape index (κ3) is 10.2. The number of nitrogens with one attached hydrogen (secondary N) is 2. The second-order valence-corrected chi connectivity index (χ2v) is 13.6. The molecule has 1 unspecified atom stereocenters. The van der Waals surface area contributed by atoms with E-state index in [9.17, 15) is 14.7 Å². The number of aromatic nitrogens is 1. The van der Waals surface area contributed by atoms with Gasteiger partial charge in [-0.2, -0.15) is 0 Å². The third-order valence-corrected chi connectivity index (χ3v) is 9.81. The topological polar surface area (TPSA) is 143 Å². The van der Waals surface area contributed by atoms with Crippen LogP contribution in [0.25, 0.3) is 22.6 Å². The van der Waals surface area contributed by atoms with Gasteiger partial charge in [-0.3, -0.25) is 14.8 Å². The summed E-state index contributed by atoms with van der Waals surface area (Å²) in [6.07, 6.45) is 3.17. The summed E-state index contributed by atoms with van der Waals surface area (Å²) < 4.78 is 19.4. The van der Waals surface area contributed by atoms with Crippen molar-refractivity contribution < 1.29 is 33.8 Å². The molecule has 1 saturated heterocycles. The van der Waals surface area contributed by atoms with Crippen molar-refractivity contribution >= 4 is 29.3 Å². The third-order valence-electron chi connectivity index (χ3n) is 8.85. The van der Waals surface area contributed by atoms with Gasteiger partial charge in [0.15, 0.2) is 12.1 Å². The number of carbonyl (C=O) groups excluding carboxylic acids is 2. The molecule has 10 nitrogen and oxygen atoms in total. The number of oxazole rings is 1. The number of ether oxygens (including phenoxy) is 2. The lowest BCUT2D eigenvalue weighted by Gasteiger charge is -2.36. The molecule has 6 rings (SSSR count). The summed E-state index contributed by atoms with van der Waals surface area (Å²) in [6, 6.07) is 35.3. The molecule has 2 heterocycles. The molecule has 0 spiro atoms. The lowest BCUT2D eigenvalue weighted by Crippen LogP contribution is -2.31. The van der Waals surface area contributed by atoms with E-state index >= 15 is 0 Å². The highest BCUT2D eigenvalue weighted by molar-refractivity contribution is 7.99. The highest BCUT2D eigenvalue weighted by atomic mass is 32.2. The maximum absolute atomic E-state index is 12.6. The normalized spacial score (nSPS) is 17.1. The first-order valence-electron chi connectivity index (χ1n) is 17.6. The van der Waals surface area contributed by atoms with Crippen molar-refractivity contribution in [2.75, 3.05) is 11.1 Å². The van der Waals surface area contributed by atoms with Crippen LogP contribution in [-0.4, -0.2) is 39.0 Å². The van der Waals surface area contributed by atoms with Gasteiger partial charge in [0.25, 0.3) is 5.22 Å². The van der Waals surface area contributed by atoms with Gasteiger partial charge in [0, 0.05) is 47.4 Å². The number of aliphatic hydroxyl groups excluding tert-OH is 1. The average molecular weight is 722 g/mol. The minimum absolute atomic E-state index is 0.0305. The van der Waals surface area contributed by atoms with E-state index < -0.39 is 12.2 Å². The first-order valence-corrected chi connectivity index (χ1v) is 18.6. The summed E-state index contributed by atoms with van der Waals surface area (Å²) in [5.41, 5.74) is 7.69. The summed E-state index contributed by atoms with van der Waals surface area (Å²) in [4.78, 5) is 28.6.